The zero-order valence-electron chi connectivity index (χ0n) is 11.6. The molecule has 5 nitrogen and oxygen atoms in total. The second-order valence-corrected chi connectivity index (χ2v) is 4.99. The lowest BCUT2D eigenvalue weighted by molar-refractivity contribution is -0.131. The summed E-state index contributed by atoms with van der Waals surface area (Å²) in [7, 11) is 0. The van der Waals surface area contributed by atoms with Gasteiger partial charge in [-0.15, -0.1) is 0 Å². The molecule has 1 fully saturated rings. The van der Waals surface area contributed by atoms with E-state index in [9.17, 15) is 4.79 Å². The van der Waals surface area contributed by atoms with E-state index in [-0.39, 0.29) is 5.91 Å². The molecule has 0 bridgehead atoms. The SMILES string of the molecule is CCC(=O)N1CCOC[C@H](Cc2cc(C)ncn2)C1. The molecule has 0 spiro atoms. The van der Waals surface area contributed by atoms with E-state index in [1.807, 2.05) is 24.8 Å². The Morgan fingerprint density at radius 3 is 3.11 bits per heavy atom. The second-order valence-electron chi connectivity index (χ2n) is 4.99. The quantitative estimate of drug-likeness (QED) is 0.822. The Morgan fingerprint density at radius 2 is 2.37 bits per heavy atom. The molecule has 104 valence electrons. The van der Waals surface area contributed by atoms with E-state index in [1.165, 1.54) is 0 Å². The summed E-state index contributed by atoms with van der Waals surface area (Å²) in [5.74, 6) is 0.515. The average molecular weight is 263 g/mol. The Balaban J connectivity index is 2.00. The zero-order valence-corrected chi connectivity index (χ0v) is 11.6. The maximum Gasteiger partial charge on any atom is 0.222 e. The lowest BCUT2D eigenvalue weighted by atomic mass is 10.0. The summed E-state index contributed by atoms with van der Waals surface area (Å²) in [5, 5.41) is 0. The first kappa shape index (κ1) is 13.9. The lowest BCUT2D eigenvalue weighted by Gasteiger charge is -2.23. The van der Waals surface area contributed by atoms with Crippen molar-refractivity contribution in [1.82, 2.24) is 14.9 Å². The van der Waals surface area contributed by atoms with E-state index >= 15 is 0 Å². The molecular weight excluding hydrogens is 242 g/mol. The highest BCUT2D eigenvalue weighted by Gasteiger charge is 2.22. The van der Waals surface area contributed by atoms with Gasteiger partial charge in [0.2, 0.25) is 5.91 Å². The average Bonchev–Trinajstić information content (AvgIpc) is 2.63. The molecule has 0 aromatic carbocycles. The highest BCUT2D eigenvalue weighted by molar-refractivity contribution is 5.75. The second kappa shape index (κ2) is 6.61. The van der Waals surface area contributed by atoms with Gasteiger partial charge in [-0.25, -0.2) is 9.97 Å². The number of aryl methyl sites for hydroxylation is 1. The predicted octanol–water partition coefficient (Wildman–Crippen LogP) is 1.21. The number of aromatic nitrogens is 2. The Morgan fingerprint density at radius 1 is 1.53 bits per heavy atom. The molecule has 1 amide bonds. The van der Waals surface area contributed by atoms with E-state index in [2.05, 4.69) is 9.97 Å². The number of rotatable bonds is 3. The maximum absolute atomic E-state index is 11.8. The topological polar surface area (TPSA) is 55.3 Å². The summed E-state index contributed by atoms with van der Waals surface area (Å²) >= 11 is 0. The van der Waals surface area contributed by atoms with Gasteiger partial charge < -0.3 is 9.64 Å². The van der Waals surface area contributed by atoms with Crippen molar-refractivity contribution in [3.63, 3.8) is 0 Å². The third-order valence-electron chi connectivity index (χ3n) is 3.35. The Hall–Kier alpha value is -1.49. The number of ether oxygens (including phenoxy) is 1. The van der Waals surface area contributed by atoms with Crippen LogP contribution in [-0.2, 0) is 16.0 Å². The van der Waals surface area contributed by atoms with Crippen LogP contribution in [0.4, 0.5) is 0 Å². The highest BCUT2D eigenvalue weighted by atomic mass is 16.5. The van der Waals surface area contributed by atoms with Gasteiger partial charge in [-0.1, -0.05) is 6.92 Å². The lowest BCUT2D eigenvalue weighted by Crippen LogP contribution is -2.36. The summed E-state index contributed by atoms with van der Waals surface area (Å²) in [6.07, 6.45) is 2.98. The van der Waals surface area contributed by atoms with Crippen LogP contribution in [0.1, 0.15) is 24.7 Å². The summed E-state index contributed by atoms with van der Waals surface area (Å²) in [4.78, 5) is 22.1. The molecule has 0 N–H and O–H groups in total. The molecule has 1 atom stereocenters. The minimum absolute atomic E-state index is 0.203. The van der Waals surface area contributed by atoms with Gasteiger partial charge in [0.15, 0.2) is 0 Å². The van der Waals surface area contributed by atoms with Crippen LogP contribution < -0.4 is 0 Å². The van der Waals surface area contributed by atoms with Gasteiger partial charge in [0, 0.05) is 36.8 Å². The Labute approximate surface area is 114 Å². The highest BCUT2D eigenvalue weighted by Crippen LogP contribution is 2.13. The first-order chi connectivity index (χ1) is 9.19. The third-order valence-corrected chi connectivity index (χ3v) is 3.35. The predicted molar refractivity (Wildman–Crippen MR) is 71.7 cm³/mol. The Kier molecular flexibility index (Phi) is 4.85. The number of amides is 1. The molecular formula is C14H21N3O2. The van der Waals surface area contributed by atoms with Crippen molar-refractivity contribution < 1.29 is 9.53 Å². The van der Waals surface area contributed by atoms with Crippen molar-refractivity contribution in [2.24, 2.45) is 5.92 Å². The fourth-order valence-electron chi connectivity index (χ4n) is 2.37. The van der Waals surface area contributed by atoms with Crippen LogP contribution in [0.5, 0.6) is 0 Å². The summed E-state index contributed by atoms with van der Waals surface area (Å²) in [6.45, 7) is 6.64. The number of hydrogen-bond acceptors (Lipinski definition) is 4. The van der Waals surface area contributed by atoms with Crippen molar-refractivity contribution in [3.05, 3.63) is 23.8 Å². The van der Waals surface area contributed by atoms with Crippen LogP contribution in [-0.4, -0.2) is 47.1 Å². The molecule has 1 saturated heterocycles. The van der Waals surface area contributed by atoms with Crippen molar-refractivity contribution in [2.75, 3.05) is 26.3 Å². The van der Waals surface area contributed by atoms with Crippen LogP contribution in [0, 0.1) is 12.8 Å². The normalized spacial score (nSPS) is 20.1. The Bertz CT molecular complexity index is 436. The summed E-state index contributed by atoms with van der Waals surface area (Å²) in [5.41, 5.74) is 1.99. The molecule has 2 heterocycles. The van der Waals surface area contributed by atoms with E-state index < -0.39 is 0 Å². The smallest absolute Gasteiger partial charge is 0.222 e. The molecule has 0 unspecified atom stereocenters. The molecule has 1 aliphatic rings. The molecule has 19 heavy (non-hydrogen) atoms. The van der Waals surface area contributed by atoms with Gasteiger partial charge in [-0.05, 0) is 19.4 Å². The number of carbonyl (C=O) groups excluding carboxylic acids is 1. The van der Waals surface area contributed by atoms with Gasteiger partial charge in [-0.3, -0.25) is 4.79 Å². The first-order valence-electron chi connectivity index (χ1n) is 6.82. The van der Waals surface area contributed by atoms with E-state index in [0.29, 0.717) is 32.1 Å². The van der Waals surface area contributed by atoms with E-state index in [4.69, 9.17) is 4.74 Å². The van der Waals surface area contributed by atoms with Crippen LogP contribution in [0.15, 0.2) is 12.4 Å². The summed E-state index contributed by atoms with van der Waals surface area (Å²) < 4.78 is 5.60. The molecule has 0 aliphatic carbocycles. The third kappa shape index (κ3) is 3.99. The molecule has 2 rings (SSSR count). The molecule has 0 saturated carbocycles. The van der Waals surface area contributed by atoms with Gasteiger partial charge >= 0.3 is 0 Å². The molecule has 0 radical (unpaired) electrons. The van der Waals surface area contributed by atoms with Crippen LogP contribution in [0.3, 0.4) is 0 Å². The zero-order chi connectivity index (χ0) is 13.7. The van der Waals surface area contributed by atoms with Crippen molar-refractivity contribution in [2.45, 2.75) is 26.7 Å². The maximum atomic E-state index is 11.8. The van der Waals surface area contributed by atoms with Gasteiger partial charge in [0.05, 0.1) is 13.2 Å². The minimum Gasteiger partial charge on any atom is -0.379 e. The van der Waals surface area contributed by atoms with E-state index in [1.54, 1.807) is 6.33 Å². The number of carbonyl (C=O) groups is 1. The summed E-state index contributed by atoms with van der Waals surface area (Å²) in [6, 6.07) is 2.00. The number of nitrogens with zero attached hydrogens (tertiary/aromatic N) is 3. The monoisotopic (exact) mass is 263 g/mol. The van der Waals surface area contributed by atoms with Gasteiger partial charge in [0.25, 0.3) is 0 Å². The first-order valence-corrected chi connectivity index (χ1v) is 6.82. The van der Waals surface area contributed by atoms with Crippen LogP contribution >= 0.6 is 0 Å². The van der Waals surface area contributed by atoms with Crippen LogP contribution in [0.2, 0.25) is 0 Å². The number of hydrogen-bond donors (Lipinski definition) is 0. The van der Waals surface area contributed by atoms with Crippen molar-refractivity contribution >= 4 is 5.91 Å². The minimum atomic E-state index is 0.203. The largest absolute Gasteiger partial charge is 0.379 e. The fraction of sp³-hybridized carbons (Fsp3) is 0.643. The van der Waals surface area contributed by atoms with Crippen molar-refractivity contribution in [3.8, 4) is 0 Å². The van der Waals surface area contributed by atoms with E-state index in [0.717, 1.165) is 24.4 Å². The van der Waals surface area contributed by atoms with Gasteiger partial charge in [0.1, 0.15) is 6.33 Å². The van der Waals surface area contributed by atoms with Crippen molar-refractivity contribution in [1.29, 1.82) is 0 Å². The molecule has 1 aliphatic heterocycles. The molecule has 1 aromatic rings. The standard InChI is InChI=1S/C14H21N3O2/c1-3-14(18)17-4-5-19-9-12(8-17)7-13-6-11(2)15-10-16-13/h6,10,12H,3-5,7-9H2,1-2H3/t12-/m1/s1. The molecule has 5 heteroatoms. The molecule has 1 aromatic heterocycles. The fourth-order valence-corrected chi connectivity index (χ4v) is 2.37. The van der Waals surface area contributed by atoms with Crippen LogP contribution in [0.25, 0.3) is 0 Å². The van der Waals surface area contributed by atoms with Gasteiger partial charge in [-0.2, -0.15) is 0 Å².